The molecule has 1 aromatic carbocycles. The van der Waals surface area contributed by atoms with E-state index in [1.165, 1.54) is 11.1 Å². The standard InChI is InChI=1S/C13H16ClN3/c1-3-13-12(8-14)15-16-17(13)9-11-6-4-10(2)5-7-11/h4-7H,3,8-9H2,1-2H3. The van der Waals surface area contributed by atoms with E-state index in [4.69, 9.17) is 11.6 Å². The summed E-state index contributed by atoms with van der Waals surface area (Å²) in [6, 6.07) is 8.47. The molecule has 4 heteroatoms. The van der Waals surface area contributed by atoms with Crippen molar-refractivity contribution < 1.29 is 0 Å². The van der Waals surface area contributed by atoms with Gasteiger partial charge in [0.15, 0.2) is 0 Å². The van der Waals surface area contributed by atoms with Gasteiger partial charge in [-0.3, -0.25) is 0 Å². The smallest absolute Gasteiger partial charge is 0.101 e. The van der Waals surface area contributed by atoms with Crippen LogP contribution < -0.4 is 0 Å². The number of hydrogen-bond donors (Lipinski definition) is 0. The fourth-order valence-corrected chi connectivity index (χ4v) is 2.06. The lowest BCUT2D eigenvalue weighted by Gasteiger charge is -2.06. The Labute approximate surface area is 106 Å². The molecule has 3 nitrogen and oxygen atoms in total. The van der Waals surface area contributed by atoms with E-state index < -0.39 is 0 Å². The predicted octanol–water partition coefficient (Wildman–Crippen LogP) is 2.94. The maximum absolute atomic E-state index is 5.83. The molecule has 1 heterocycles. The van der Waals surface area contributed by atoms with Crippen molar-refractivity contribution >= 4 is 11.6 Å². The van der Waals surface area contributed by atoms with Crippen molar-refractivity contribution in [2.24, 2.45) is 0 Å². The van der Waals surface area contributed by atoms with E-state index >= 15 is 0 Å². The summed E-state index contributed by atoms with van der Waals surface area (Å²) < 4.78 is 1.93. The summed E-state index contributed by atoms with van der Waals surface area (Å²) in [5, 5.41) is 8.26. The van der Waals surface area contributed by atoms with Gasteiger partial charge in [0.25, 0.3) is 0 Å². The minimum absolute atomic E-state index is 0.428. The molecule has 0 amide bonds. The van der Waals surface area contributed by atoms with Gasteiger partial charge < -0.3 is 0 Å². The van der Waals surface area contributed by atoms with E-state index in [2.05, 4.69) is 48.4 Å². The molecule has 0 bridgehead atoms. The summed E-state index contributed by atoms with van der Waals surface area (Å²) in [5.74, 6) is 0.428. The number of hydrogen-bond acceptors (Lipinski definition) is 2. The molecule has 0 aliphatic rings. The first-order valence-corrected chi connectivity index (χ1v) is 6.30. The molecule has 0 saturated heterocycles. The van der Waals surface area contributed by atoms with Gasteiger partial charge in [-0.25, -0.2) is 4.68 Å². The Hall–Kier alpha value is -1.35. The highest BCUT2D eigenvalue weighted by Crippen LogP contribution is 2.12. The summed E-state index contributed by atoms with van der Waals surface area (Å²) in [5.41, 5.74) is 4.52. The molecule has 0 N–H and O–H groups in total. The number of aryl methyl sites for hydroxylation is 1. The zero-order valence-corrected chi connectivity index (χ0v) is 10.9. The number of benzene rings is 1. The van der Waals surface area contributed by atoms with Crippen LogP contribution in [0.25, 0.3) is 0 Å². The van der Waals surface area contributed by atoms with Crippen LogP contribution in [0, 0.1) is 6.92 Å². The second kappa shape index (κ2) is 5.32. The van der Waals surface area contributed by atoms with Crippen LogP contribution in [0.15, 0.2) is 24.3 Å². The SMILES string of the molecule is CCc1c(CCl)nnn1Cc1ccc(C)cc1. The molecule has 1 aromatic heterocycles. The maximum atomic E-state index is 5.83. The average Bonchev–Trinajstić information content (AvgIpc) is 2.74. The van der Waals surface area contributed by atoms with Crippen LogP contribution in [-0.2, 0) is 18.8 Å². The summed E-state index contributed by atoms with van der Waals surface area (Å²) in [6.07, 6.45) is 0.904. The van der Waals surface area contributed by atoms with Gasteiger partial charge >= 0.3 is 0 Å². The summed E-state index contributed by atoms with van der Waals surface area (Å²) >= 11 is 5.83. The number of halogens is 1. The van der Waals surface area contributed by atoms with Crippen LogP contribution in [0.1, 0.15) is 29.4 Å². The van der Waals surface area contributed by atoms with Crippen molar-refractivity contribution in [3.8, 4) is 0 Å². The molecular weight excluding hydrogens is 234 g/mol. The van der Waals surface area contributed by atoms with E-state index in [0.29, 0.717) is 5.88 Å². The highest BCUT2D eigenvalue weighted by molar-refractivity contribution is 6.16. The predicted molar refractivity (Wildman–Crippen MR) is 69.2 cm³/mol. The second-order valence-corrected chi connectivity index (χ2v) is 4.38. The van der Waals surface area contributed by atoms with Gasteiger partial charge in [-0.15, -0.1) is 16.7 Å². The molecule has 0 atom stereocenters. The van der Waals surface area contributed by atoms with Crippen molar-refractivity contribution in [1.82, 2.24) is 15.0 Å². The molecule has 90 valence electrons. The van der Waals surface area contributed by atoms with Crippen molar-refractivity contribution in [2.45, 2.75) is 32.7 Å². The first-order valence-electron chi connectivity index (χ1n) is 5.77. The normalized spacial score (nSPS) is 10.8. The second-order valence-electron chi connectivity index (χ2n) is 4.11. The molecule has 2 aromatic rings. The van der Waals surface area contributed by atoms with E-state index in [0.717, 1.165) is 24.4 Å². The van der Waals surface area contributed by atoms with Crippen LogP contribution in [0.3, 0.4) is 0 Å². The zero-order valence-electron chi connectivity index (χ0n) is 10.2. The van der Waals surface area contributed by atoms with E-state index in [1.54, 1.807) is 0 Å². The van der Waals surface area contributed by atoms with Crippen molar-refractivity contribution in [3.63, 3.8) is 0 Å². The minimum atomic E-state index is 0.428. The van der Waals surface area contributed by atoms with Crippen molar-refractivity contribution in [1.29, 1.82) is 0 Å². The number of alkyl halides is 1. The topological polar surface area (TPSA) is 30.7 Å². The molecule has 0 aliphatic carbocycles. The molecule has 17 heavy (non-hydrogen) atoms. The Morgan fingerprint density at radius 3 is 2.53 bits per heavy atom. The van der Waals surface area contributed by atoms with Crippen molar-refractivity contribution in [2.75, 3.05) is 0 Å². The molecule has 2 rings (SSSR count). The van der Waals surface area contributed by atoms with Crippen LogP contribution in [0.4, 0.5) is 0 Å². The van der Waals surface area contributed by atoms with Crippen LogP contribution in [0.5, 0.6) is 0 Å². The third-order valence-electron chi connectivity index (χ3n) is 2.83. The third-order valence-corrected chi connectivity index (χ3v) is 3.09. The summed E-state index contributed by atoms with van der Waals surface area (Å²) in [4.78, 5) is 0. The van der Waals surface area contributed by atoms with Gasteiger partial charge in [-0.1, -0.05) is 42.0 Å². The molecule has 0 unspecified atom stereocenters. The molecular formula is C13H16ClN3. The first-order chi connectivity index (χ1) is 8.24. The monoisotopic (exact) mass is 249 g/mol. The summed E-state index contributed by atoms with van der Waals surface area (Å²) in [6.45, 7) is 4.94. The molecule has 0 saturated carbocycles. The van der Waals surface area contributed by atoms with E-state index in [-0.39, 0.29) is 0 Å². The lowest BCUT2D eigenvalue weighted by atomic mass is 10.1. The first kappa shape index (κ1) is 12.1. The van der Waals surface area contributed by atoms with Gasteiger partial charge in [0.05, 0.1) is 18.1 Å². The van der Waals surface area contributed by atoms with Crippen LogP contribution in [-0.4, -0.2) is 15.0 Å². The van der Waals surface area contributed by atoms with Gasteiger partial charge in [0.1, 0.15) is 5.69 Å². The fraction of sp³-hybridized carbons (Fsp3) is 0.385. The fourth-order valence-electron chi connectivity index (χ4n) is 1.85. The van der Waals surface area contributed by atoms with Crippen LogP contribution in [0.2, 0.25) is 0 Å². The van der Waals surface area contributed by atoms with Gasteiger partial charge in [-0.2, -0.15) is 0 Å². The Balaban J connectivity index is 2.23. The Bertz CT molecular complexity index is 488. The quantitative estimate of drug-likeness (QED) is 0.780. The van der Waals surface area contributed by atoms with Gasteiger partial charge in [0.2, 0.25) is 0 Å². The van der Waals surface area contributed by atoms with Crippen LogP contribution >= 0.6 is 11.6 Å². The highest BCUT2D eigenvalue weighted by atomic mass is 35.5. The zero-order chi connectivity index (χ0) is 12.3. The third kappa shape index (κ3) is 2.67. The Morgan fingerprint density at radius 1 is 1.24 bits per heavy atom. The molecule has 0 radical (unpaired) electrons. The van der Waals surface area contributed by atoms with E-state index in [9.17, 15) is 0 Å². The molecule has 0 spiro atoms. The summed E-state index contributed by atoms with van der Waals surface area (Å²) in [7, 11) is 0. The van der Waals surface area contributed by atoms with Gasteiger partial charge in [0, 0.05) is 0 Å². The van der Waals surface area contributed by atoms with Gasteiger partial charge in [-0.05, 0) is 18.9 Å². The number of nitrogens with zero attached hydrogens (tertiary/aromatic N) is 3. The molecule has 0 fully saturated rings. The lowest BCUT2D eigenvalue weighted by molar-refractivity contribution is 0.622. The largest absolute Gasteiger partial charge is 0.245 e. The van der Waals surface area contributed by atoms with Crippen molar-refractivity contribution in [3.05, 3.63) is 46.8 Å². The molecule has 0 aliphatic heterocycles. The number of rotatable bonds is 4. The Kier molecular flexibility index (Phi) is 3.79. The Morgan fingerprint density at radius 2 is 1.94 bits per heavy atom. The number of aromatic nitrogens is 3. The average molecular weight is 250 g/mol. The lowest BCUT2D eigenvalue weighted by Crippen LogP contribution is -2.06. The van der Waals surface area contributed by atoms with E-state index in [1.807, 2.05) is 4.68 Å². The minimum Gasteiger partial charge on any atom is -0.245 e. The maximum Gasteiger partial charge on any atom is 0.101 e. The highest BCUT2D eigenvalue weighted by Gasteiger charge is 2.10.